The molecule has 7 nitrogen and oxygen atoms in total. The van der Waals surface area contributed by atoms with Gasteiger partial charge >= 0.3 is 12.2 Å². The lowest BCUT2D eigenvalue weighted by Crippen LogP contribution is -2.32. The van der Waals surface area contributed by atoms with Crippen LogP contribution in [0.3, 0.4) is 0 Å². The van der Waals surface area contributed by atoms with Crippen LogP contribution in [0.2, 0.25) is 0 Å². The van der Waals surface area contributed by atoms with Crippen molar-refractivity contribution >= 4 is 40.8 Å². The van der Waals surface area contributed by atoms with Gasteiger partial charge in [0.15, 0.2) is 0 Å². The molecule has 2 aliphatic rings. The van der Waals surface area contributed by atoms with Crippen molar-refractivity contribution < 1.29 is 19.4 Å². The van der Waals surface area contributed by atoms with E-state index in [1.807, 2.05) is 6.07 Å². The first-order valence-corrected chi connectivity index (χ1v) is 7.72. The summed E-state index contributed by atoms with van der Waals surface area (Å²) in [5, 5.41) is 12.1. The van der Waals surface area contributed by atoms with E-state index in [-0.39, 0.29) is 6.10 Å². The number of cyclic esters (lactones) is 1. The van der Waals surface area contributed by atoms with E-state index in [9.17, 15) is 9.59 Å². The van der Waals surface area contributed by atoms with Gasteiger partial charge in [-0.05, 0) is 37.1 Å². The number of nitrogens with one attached hydrogen (secondary N) is 1. The SMILES string of the molecule is CC(=S)NCC1CN(c2ccc3c(c2)CCN3C(=O)O)C(=O)O1. The third-order valence-electron chi connectivity index (χ3n) is 3.95. The second-order valence-electron chi connectivity index (χ2n) is 5.55. The van der Waals surface area contributed by atoms with Crippen molar-refractivity contribution in [2.75, 3.05) is 29.4 Å². The first kappa shape index (κ1) is 15.5. The highest BCUT2D eigenvalue weighted by molar-refractivity contribution is 7.80. The zero-order valence-electron chi connectivity index (χ0n) is 12.6. The van der Waals surface area contributed by atoms with Gasteiger partial charge in [-0.25, -0.2) is 9.59 Å². The first-order valence-electron chi connectivity index (χ1n) is 7.31. The first-order chi connectivity index (χ1) is 11.0. The van der Waals surface area contributed by atoms with Crippen LogP contribution in [0, 0.1) is 0 Å². The van der Waals surface area contributed by atoms with Crippen molar-refractivity contribution in [3.63, 3.8) is 0 Å². The Morgan fingerprint density at radius 1 is 1.52 bits per heavy atom. The molecule has 1 aromatic carbocycles. The molecule has 0 radical (unpaired) electrons. The lowest BCUT2D eigenvalue weighted by atomic mass is 10.1. The molecule has 2 heterocycles. The van der Waals surface area contributed by atoms with Crippen molar-refractivity contribution in [3.8, 4) is 0 Å². The van der Waals surface area contributed by atoms with Gasteiger partial charge in [-0.2, -0.15) is 0 Å². The normalized spacial score (nSPS) is 19.5. The summed E-state index contributed by atoms with van der Waals surface area (Å²) >= 11 is 4.95. The molecule has 3 rings (SSSR count). The van der Waals surface area contributed by atoms with Crippen LogP contribution in [0.5, 0.6) is 0 Å². The standard InChI is InChI=1S/C15H17N3O4S/c1-9(23)16-7-12-8-18(15(21)22-12)11-2-3-13-10(6-11)4-5-17(13)14(19)20/h2-3,6,12H,4-5,7-8H2,1H3,(H,16,23)(H,19,20). The van der Waals surface area contributed by atoms with Crippen LogP contribution in [0.1, 0.15) is 12.5 Å². The molecule has 8 heteroatoms. The zero-order valence-corrected chi connectivity index (χ0v) is 13.4. The topological polar surface area (TPSA) is 82.1 Å². The molecule has 2 N–H and O–H groups in total. The van der Waals surface area contributed by atoms with Gasteiger partial charge in [0.1, 0.15) is 6.10 Å². The highest BCUT2D eigenvalue weighted by atomic mass is 32.1. The Bertz CT molecular complexity index is 679. The van der Waals surface area contributed by atoms with E-state index in [0.717, 1.165) is 11.3 Å². The minimum Gasteiger partial charge on any atom is -0.465 e. The number of carbonyl (C=O) groups excluding carboxylic acids is 1. The zero-order chi connectivity index (χ0) is 16.6. The fourth-order valence-electron chi connectivity index (χ4n) is 2.85. The van der Waals surface area contributed by atoms with Crippen LogP contribution in [0.15, 0.2) is 18.2 Å². The molecule has 1 saturated heterocycles. The average molecular weight is 335 g/mol. The predicted molar refractivity (Wildman–Crippen MR) is 89.4 cm³/mol. The van der Waals surface area contributed by atoms with Crippen molar-refractivity contribution in [1.82, 2.24) is 5.32 Å². The van der Waals surface area contributed by atoms with E-state index in [2.05, 4.69) is 5.32 Å². The Hall–Kier alpha value is -2.35. The molecule has 1 atom stereocenters. The number of hydrogen-bond acceptors (Lipinski definition) is 4. The average Bonchev–Trinajstić information content (AvgIpc) is 3.07. The predicted octanol–water partition coefficient (Wildman–Crippen LogP) is 1.99. The highest BCUT2D eigenvalue weighted by Crippen LogP contribution is 2.33. The van der Waals surface area contributed by atoms with Crippen LogP contribution in [0.4, 0.5) is 21.0 Å². The largest absolute Gasteiger partial charge is 0.465 e. The highest BCUT2D eigenvalue weighted by Gasteiger charge is 2.33. The number of carboxylic acid groups (broad SMARTS) is 1. The Labute approximate surface area is 138 Å². The number of thiocarbonyl (C=S) groups is 1. The van der Waals surface area contributed by atoms with Crippen LogP contribution >= 0.6 is 12.2 Å². The molecule has 122 valence electrons. The lowest BCUT2D eigenvalue weighted by molar-refractivity contribution is 0.143. The van der Waals surface area contributed by atoms with E-state index in [1.54, 1.807) is 24.0 Å². The number of carbonyl (C=O) groups is 2. The second-order valence-corrected chi connectivity index (χ2v) is 6.16. The monoisotopic (exact) mass is 335 g/mol. The van der Waals surface area contributed by atoms with Gasteiger partial charge in [0, 0.05) is 12.2 Å². The van der Waals surface area contributed by atoms with E-state index in [1.165, 1.54) is 4.90 Å². The molecule has 0 spiro atoms. The molecule has 1 unspecified atom stereocenters. The quantitative estimate of drug-likeness (QED) is 0.822. The summed E-state index contributed by atoms with van der Waals surface area (Å²) in [6.45, 7) is 3.14. The van der Waals surface area contributed by atoms with Gasteiger partial charge in [-0.3, -0.25) is 9.80 Å². The van der Waals surface area contributed by atoms with Crippen molar-refractivity contribution in [3.05, 3.63) is 23.8 Å². The molecular formula is C15H17N3O4S. The fourth-order valence-corrected chi connectivity index (χ4v) is 2.93. The Morgan fingerprint density at radius 2 is 2.30 bits per heavy atom. The molecule has 0 aliphatic carbocycles. The maximum Gasteiger partial charge on any atom is 0.414 e. The summed E-state index contributed by atoms with van der Waals surface area (Å²) in [6, 6.07) is 5.35. The number of benzene rings is 1. The Kier molecular flexibility index (Phi) is 4.08. The number of anilines is 2. The molecule has 1 aromatic rings. The minimum absolute atomic E-state index is 0.260. The smallest absolute Gasteiger partial charge is 0.414 e. The van der Waals surface area contributed by atoms with Gasteiger partial charge in [0.05, 0.1) is 23.8 Å². The van der Waals surface area contributed by atoms with Gasteiger partial charge in [-0.1, -0.05) is 12.2 Å². The van der Waals surface area contributed by atoms with Crippen molar-refractivity contribution in [2.24, 2.45) is 0 Å². The van der Waals surface area contributed by atoms with Gasteiger partial charge < -0.3 is 15.2 Å². The van der Waals surface area contributed by atoms with Crippen LogP contribution in [-0.4, -0.2) is 48.0 Å². The van der Waals surface area contributed by atoms with Gasteiger partial charge in [0.25, 0.3) is 0 Å². The minimum atomic E-state index is -0.959. The molecule has 0 aromatic heterocycles. The Morgan fingerprint density at radius 3 is 3.00 bits per heavy atom. The summed E-state index contributed by atoms with van der Waals surface area (Å²) in [7, 11) is 0. The lowest BCUT2D eigenvalue weighted by Gasteiger charge is -2.16. The maximum atomic E-state index is 12.0. The molecule has 0 bridgehead atoms. The number of fused-ring (bicyclic) bond motifs is 1. The number of ether oxygens (including phenoxy) is 1. The Balaban J connectivity index is 1.74. The molecule has 23 heavy (non-hydrogen) atoms. The van der Waals surface area contributed by atoms with E-state index in [4.69, 9.17) is 22.1 Å². The third kappa shape index (κ3) is 3.07. The second kappa shape index (κ2) is 6.04. The summed E-state index contributed by atoms with van der Waals surface area (Å²) in [4.78, 5) is 26.7. The van der Waals surface area contributed by atoms with Crippen molar-refractivity contribution in [2.45, 2.75) is 19.4 Å². The van der Waals surface area contributed by atoms with E-state index >= 15 is 0 Å². The van der Waals surface area contributed by atoms with E-state index < -0.39 is 12.2 Å². The number of amides is 2. The maximum absolute atomic E-state index is 12.0. The molecule has 2 aliphatic heterocycles. The summed E-state index contributed by atoms with van der Waals surface area (Å²) < 4.78 is 5.32. The van der Waals surface area contributed by atoms with Crippen LogP contribution in [0.25, 0.3) is 0 Å². The number of hydrogen-bond donors (Lipinski definition) is 2. The molecule has 0 saturated carbocycles. The summed E-state index contributed by atoms with van der Waals surface area (Å²) in [5.74, 6) is 0. The number of rotatable bonds is 3. The van der Waals surface area contributed by atoms with E-state index in [0.29, 0.717) is 36.7 Å². The van der Waals surface area contributed by atoms with Crippen LogP contribution < -0.4 is 15.1 Å². The molecular weight excluding hydrogens is 318 g/mol. The molecule has 1 fully saturated rings. The summed E-state index contributed by atoms with van der Waals surface area (Å²) in [6.07, 6.45) is -0.970. The van der Waals surface area contributed by atoms with Gasteiger partial charge in [-0.15, -0.1) is 0 Å². The van der Waals surface area contributed by atoms with Crippen LogP contribution in [-0.2, 0) is 11.2 Å². The number of nitrogens with zero attached hydrogens (tertiary/aromatic N) is 2. The van der Waals surface area contributed by atoms with Gasteiger partial charge in [0.2, 0.25) is 0 Å². The molecule has 2 amide bonds. The third-order valence-corrected chi connectivity index (χ3v) is 4.10. The summed E-state index contributed by atoms with van der Waals surface area (Å²) in [5.41, 5.74) is 2.33. The van der Waals surface area contributed by atoms with Crippen molar-refractivity contribution in [1.29, 1.82) is 0 Å². The fraction of sp³-hybridized carbons (Fsp3) is 0.400.